The molecule has 0 aliphatic carbocycles. The third kappa shape index (κ3) is 3.29. The number of aromatic nitrogens is 1. The summed E-state index contributed by atoms with van der Waals surface area (Å²) in [6.45, 7) is 3.93. The molecule has 0 fully saturated rings. The Morgan fingerprint density at radius 1 is 1.04 bits per heavy atom. The second kappa shape index (κ2) is 7.05. The van der Waals surface area contributed by atoms with Crippen LogP contribution in [0.3, 0.4) is 0 Å². The van der Waals surface area contributed by atoms with Crippen molar-refractivity contribution in [2.45, 2.75) is 18.7 Å². The van der Waals surface area contributed by atoms with Crippen LogP contribution in [0.4, 0.5) is 4.39 Å². The van der Waals surface area contributed by atoms with Crippen molar-refractivity contribution in [1.29, 1.82) is 0 Å². The lowest BCUT2D eigenvalue weighted by Gasteiger charge is -2.09. The maximum atomic E-state index is 13.7. The zero-order chi connectivity index (χ0) is 17.1. The van der Waals surface area contributed by atoms with Crippen LogP contribution in [0.2, 0.25) is 0 Å². The van der Waals surface area contributed by atoms with Crippen LogP contribution in [-0.2, 0) is 0 Å². The number of aryl methyl sites for hydroxylation is 1. The summed E-state index contributed by atoms with van der Waals surface area (Å²) in [4.78, 5) is 13.1. The number of benzene rings is 2. The Morgan fingerprint density at radius 2 is 1.71 bits per heavy atom. The predicted molar refractivity (Wildman–Crippen MR) is 96.7 cm³/mol. The number of carbonyl (C=O) groups is 1. The van der Waals surface area contributed by atoms with Crippen molar-refractivity contribution < 1.29 is 9.18 Å². The molecule has 0 saturated heterocycles. The molecule has 3 rings (SSSR count). The number of hydrogen-bond donors (Lipinski definition) is 0. The van der Waals surface area contributed by atoms with E-state index in [0.29, 0.717) is 10.5 Å². The average Bonchev–Trinajstić information content (AvgIpc) is 2.89. The topological polar surface area (TPSA) is 22.0 Å². The monoisotopic (exact) mass is 339 g/mol. The molecule has 2 nitrogen and oxygen atoms in total. The molecule has 0 atom stereocenters. The van der Waals surface area contributed by atoms with E-state index < -0.39 is 0 Å². The predicted octanol–water partition coefficient (Wildman–Crippen LogP) is 5.21. The van der Waals surface area contributed by atoms with Crippen LogP contribution < -0.4 is 0 Å². The molecule has 4 heteroatoms. The van der Waals surface area contributed by atoms with E-state index in [-0.39, 0.29) is 17.4 Å². The highest BCUT2D eigenvalue weighted by Gasteiger charge is 2.17. The van der Waals surface area contributed by atoms with Gasteiger partial charge in [0.15, 0.2) is 5.78 Å². The number of carbonyl (C=O) groups excluding carboxylic acids is 1. The van der Waals surface area contributed by atoms with Crippen molar-refractivity contribution >= 4 is 17.5 Å². The van der Waals surface area contributed by atoms with Gasteiger partial charge in [0.25, 0.3) is 0 Å². The molecule has 0 aliphatic rings. The van der Waals surface area contributed by atoms with Gasteiger partial charge in [0.2, 0.25) is 0 Å². The van der Waals surface area contributed by atoms with Crippen LogP contribution in [0.5, 0.6) is 0 Å². The number of thioether (sulfide) groups is 1. The molecule has 0 bridgehead atoms. The number of para-hydroxylation sites is 1. The zero-order valence-corrected chi connectivity index (χ0v) is 14.4. The molecular formula is C20H18FNOS. The second-order valence-corrected chi connectivity index (χ2v) is 6.62. The van der Waals surface area contributed by atoms with Gasteiger partial charge in [-0.15, -0.1) is 11.8 Å². The van der Waals surface area contributed by atoms with E-state index in [2.05, 4.69) is 4.57 Å². The van der Waals surface area contributed by atoms with Crippen molar-refractivity contribution in [3.8, 4) is 5.69 Å². The first-order valence-electron chi connectivity index (χ1n) is 7.73. The number of halogens is 1. The fraction of sp³-hybridized carbons (Fsp3) is 0.150. The minimum absolute atomic E-state index is 0.0125. The quantitative estimate of drug-likeness (QED) is 0.470. The molecule has 2 aromatic carbocycles. The summed E-state index contributed by atoms with van der Waals surface area (Å²) in [5.74, 6) is -0.0522. The van der Waals surface area contributed by atoms with E-state index in [9.17, 15) is 9.18 Å². The maximum absolute atomic E-state index is 13.7. The van der Waals surface area contributed by atoms with Gasteiger partial charge >= 0.3 is 0 Å². The molecule has 0 saturated carbocycles. The first-order chi connectivity index (χ1) is 11.6. The van der Waals surface area contributed by atoms with Gasteiger partial charge < -0.3 is 4.57 Å². The highest BCUT2D eigenvalue weighted by Crippen LogP contribution is 2.25. The van der Waals surface area contributed by atoms with Crippen LogP contribution >= 0.6 is 11.8 Å². The fourth-order valence-corrected chi connectivity index (χ4v) is 3.63. The van der Waals surface area contributed by atoms with Crippen molar-refractivity contribution in [2.75, 3.05) is 5.75 Å². The third-order valence-corrected chi connectivity index (χ3v) is 4.99. The Hall–Kier alpha value is -2.33. The zero-order valence-electron chi connectivity index (χ0n) is 13.6. The highest BCUT2D eigenvalue weighted by atomic mass is 32.2. The molecule has 1 heterocycles. The minimum atomic E-state index is -0.287. The lowest BCUT2D eigenvalue weighted by Crippen LogP contribution is -2.05. The van der Waals surface area contributed by atoms with E-state index in [4.69, 9.17) is 0 Å². The molecule has 0 spiro atoms. The largest absolute Gasteiger partial charge is 0.318 e. The SMILES string of the molecule is Cc1cc(C(=O)CSc2ccccc2F)c(C)n1-c1ccccc1. The molecule has 122 valence electrons. The molecule has 0 radical (unpaired) electrons. The Bertz CT molecular complexity index is 871. The summed E-state index contributed by atoms with van der Waals surface area (Å²) in [5.41, 5.74) is 3.66. The number of Topliss-reactive ketones (excluding diaryl/α,β-unsaturated/α-hetero) is 1. The number of nitrogens with zero attached hydrogens (tertiary/aromatic N) is 1. The first-order valence-corrected chi connectivity index (χ1v) is 8.71. The molecule has 3 aromatic rings. The third-order valence-electron chi connectivity index (χ3n) is 3.94. The molecule has 0 unspecified atom stereocenters. The van der Waals surface area contributed by atoms with Crippen molar-refractivity contribution in [3.63, 3.8) is 0 Å². The average molecular weight is 339 g/mol. The standard InChI is InChI=1S/C20H18FNOS/c1-14-12-17(15(2)22(14)16-8-4-3-5-9-16)19(23)13-24-20-11-7-6-10-18(20)21/h3-12H,13H2,1-2H3. The number of rotatable bonds is 5. The molecular weight excluding hydrogens is 321 g/mol. The van der Waals surface area contributed by atoms with Crippen LogP contribution in [-0.4, -0.2) is 16.1 Å². The summed E-state index contributed by atoms with van der Waals surface area (Å²) in [6, 6.07) is 18.4. The van der Waals surface area contributed by atoms with Gasteiger partial charge in [-0.3, -0.25) is 4.79 Å². The van der Waals surface area contributed by atoms with E-state index in [1.807, 2.05) is 50.2 Å². The van der Waals surface area contributed by atoms with Crippen LogP contribution in [0.15, 0.2) is 65.6 Å². The van der Waals surface area contributed by atoms with Gasteiger partial charge in [-0.2, -0.15) is 0 Å². The highest BCUT2D eigenvalue weighted by molar-refractivity contribution is 8.00. The molecule has 0 aliphatic heterocycles. The molecule has 24 heavy (non-hydrogen) atoms. The van der Waals surface area contributed by atoms with Crippen LogP contribution in [0, 0.1) is 19.7 Å². The van der Waals surface area contributed by atoms with E-state index >= 15 is 0 Å². The van der Waals surface area contributed by atoms with Gasteiger partial charge in [0, 0.05) is 27.5 Å². The van der Waals surface area contributed by atoms with Gasteiger partial charge in [0.1, 0.15) is 5.82 Å². The lowest BCUT2D eigenvalue weighted by molar-refractivity contribution is 0.102. The summed E-state index contributed by atoms with van der Waals surface area (Å²) in [6.07, 6.45) is 0. The first kappa shape index (κ1) is 16.5. The van der Waals surface area contributed by atoms with Gasteiger partial charge in [-0.05, 0) is 44.2 Å². The van der Waals surface area contributed by atoms with Crippen LogP contribution in [0.25, 0.3) is 5.69 Å². The van der Waals surface area contributed by atoms with E-state index in [0.717, 1.165) is 17.1 Å². The van der Waals surface area contributed by atoms with Crippen LogP contribution in [0.1, 0.15) is 21.7 Å². The fourth-order valence-electron chi connectivity index (χ4n) is 2.80. The Balaban J connectivity index is 1.83. The number of ketones is 1. The second-order valence-electron chi connectivity index (χ2n) is 5.60. The van der Waals surface area contributed by atoms with Gasteiger partial charge in [0.05, 0.1) is 5.75 Å². The minimum Gasteiger partial charge on any atom is -0.318 e. The van der Waals surface area contributed by atoms with E-state index in [1.54, 1.807) is 18.2 Å². The lowest BCUT2D eigenvalue weighted by atomic mass is 10.2. The summed E-state index contributed by atoms with van der Waals surface area (Å²) < 4.78 is 15.7. The summed E-state index contributed by atoms with van der Waals surface area (Å²) in [7, 11) is 0. The van der Waals surface area contributed by atoms with Crippen molar-refractivity contribution in [1.82, 2.24) is 4.57 Å². The smallest absolute Gasteiger partial charge is 0.174 e. The Labute approximate surface area is 145 Å². The maximum Gasteiger partial charge on any atom is 0.174 e. The van der Waals surface area contributed by atoms with Crippen molar-refractivity contribution in [2.24, 2.45) is 0 Å². The summed E-state index contributed by atoms with van der Waals surface area (Å²) in [5, 5.41) is 0. The Kier molecular flexibility index (Phi) is 4.86. The molecule has 0 N–H and O–H groups in total. The van der Waals surface area contributed by atoms with Gasteiger partial charge in [-0.1, -0.05) is 30.3 Å². The molecule has 1 aromatic heterocycles. The molecule has 0 amide bonds. The van der Waals surface area contributed by atoms with Gasteiger partial charge in [-0.25, -0.2) is 4.39 Å². The summed E-state index contributed by atoms with van der Waals surface area (Å²) >= 11 is 1.24. The van der Waals surface area contributed by atoms with E-state index in [1.165, 1.54) is 17.8 Å². The Morgan fingerprint density at radius 3 is 2.42 bits per heavy atom. The number of hydrogen-bond acceptors (Lipinski definition) is 2. The normalized spacial score (nSPS) is 10.8. The van der Waals surface area contributed by atoms with Crippen molar-refractivity contribution in [3.05, 3.63) is 83.4 Å².